The summed E-state index contributed by atoms with van der Waals surface area (Å²) in [5.41, 5.74) is 4.92. The number of nitrogens with zero attached hydrogens (tertiary/aromatic N) is 4. The second-order valence-corrected chi connectivity index (χ2v) is 7.49. The predicted molar refractivity (Wildman–Crippen MR) is 117 cm³/mol. The van der Waals surface area contributed by atoms with E-state index in [1.807, 2.05) is 13.0 Å². The number of rotatable bonds is 4. The van der Waals surface area contributed by atoms with E-state index in [0.29, 0.717) is 5.15 Å². The molecule has 1 aliphatic heterocycles. The summed E-state index contributed by atoms with van der Waals surface area (Å²) >= 11 is 6.29. The Morgan fingerprint density at radius 2 is 1.79 bits per heavy atom. The third-order valence-electron chi connectivity index (χ3n) is 5.47. The molecule has 154 valence electrons. The molecule has 1 aromatic carbocycles. The fraction of sp³-hybridized carbons (Fsp3) is 0.333. The van der Waals surface area contributed by atoms with E-state index in [1.165, 1.54) is 12.1 Å². The Balaban J connectivity index is 0.00000240. The summed E-state index contributed by atoms with van der Waals surface area (Å²) in [6, 6.07) is 10.8. The zero-order valence-electron chi connectivity index (χ0n) is 16.4. The molecule has 0 spiro atoms. The van der Waals surface area contributed by atoms with Crippen molar-refractivity contribution in [2.45, 2.75) is 19.9 Å². The molecule has 0 radical (unpaired) electrons. The molecule has 1 unspecified atom stereocenters. The first-order valence-corrected chi connectivity index (χ1v) is 9.82. The summed E-state index contributed by atoms with van der Waals surface area (Å²) in [5, 5.41) is 7.70. The first-order valence-electron chi connectivity index (χ1n) is 9.45. The van der Waals surface area contributed by atoms with Crippen LogP contribution >= 0.6 is 24.0 Å². The maximum Gasteiger partial charge on any atom is 0.129 e. The second kappa shape index (κ2) is 9.11. The Labute approximate surface area is 181 Å². The van der Waals surface area contributed by atoms with Gasteiger partial charge in [0, 0.05) is 49.5 Å². The van der Waals surface area contributed by atoms with Crippen LogP contribution in [0.3, 0.4) is 0 Å². The van der Waals surface area contributed by atoms with E-state index < -0.39 is 0 Å². The number of halogens is 3. The molecule has 1 saturated heterocycles. The Morgan fingerprint density at radius 1 is 1.10 bits per heavy atom. The highest BCUT2D eigenvalue weighted by Gasteiger charge is 2.27. The Kier molecular flexibility index (Phi) is 6.77. The monoisotopic (exact) mass is 435 g/mol. The van der Waals surface area contributed by atoms with Crippen molar-refractivity contribution in [1.29, 1.82) is 0 Å². The van der Waals surface area contributed by atoms with Crippen LogP contribution in [0.4, 0.5) is 10.1 Å². The molecule has 1 aliphatic rings. The van der Waals surface area contributed by atoms with Crippen LogP contribution in [0.25, 0.3) is 11.3 Å². The van der Waals surface area contributed by atoms with Crippen LogP contribution in [-0.2, 0) is 0 Å². The van der Waals surface area contributed by atoms with Crippen molar-refractivity contribution >= 4 is 29.7 Å². The van der Waals surface area contributed by atoms with Gasteiger partial charge in [-0.2, -0.15) is 5.10 Å². The molecule has 3 heterocycles. The number of aromatic amines is 1. The molecule has 29 heavy (non-hydrogen) atoms. The summed E-state index contributed by atoms with van der Waals surface area (Å²) in [6.45, 7) is 7.76. The summed E-state index contributed by atoms with van der Waals surface area (Å²) in [7, 11) is 0. The van der Waals surface area contributed by atoms with Crippen LogP contribution in [0.1, 0.15) is 24.2 Å². The van der Waals surface area contributed by atoms with Gasteiger partial charge in [-0.05, 0) is 50.2 Å². The van der Waals surface area contributed by atoms with Crippen LogP contribution in [0.2, 0.25) is 5.15 Å². The van der Waals surface area contributed by atoms with Gasteiger partial charge >= 0.3 is 0 Å². The Morgan fingerprint density at radius 3 is 2.41 bits per heavy atom. The van der Waals surface area contributed by atoms with Gasteiger partial charge in [0.05, 0.1) is 17.1 Å². The lowest BCUT2D eigenvalue weighted by Crippen LogP contribution is -2.47. The average molecular weight is 436 g/mol. The largest absolute Gasteiger partial charge is 0.367 e. The average Bonchev–Trinajstić information content (AvgIpc) is 3.06. The minimum Gasteiger partial charge on any atom is -0.367 e. The zero-order valence-corrected chi connectivity index (χ0v) is 18.0. The highest BCUT2D eigenvalue weighted by Crippen LogP contribution is 2.32. The molecule has 1 N–H and O–H groups in total. The number of benzene rings is 1. The van der Waals surface area contributed by atoms with Crippen molar-refractivity contribution in [1.82, 2.24) is 20.1 Å². The first-order chi connectivity index (χ1) is 13.5. The van der Waals surface area contributed by atoms with Crippen LogP contribution in [0.5, 0.6) is 0 Å². The maximum atomic E-state index is 13.3. The molecule has 5 nitrogen and oxygen atoms in total. The predicted octanol–water partition coefficient (Wildman–Crippen LogP) is 4.88. The van der Waals surface area contributed by atoms with E-state index >= 15 is 0 Å². The van der Waals surface area contributed by atoms with Gasteiger partial charge in [0.25, 0.3) is 0 Å². The minimum absolute atomic E-state index is 0. The van der Waals surface area contributed by atoms with Gasteiger partial charge in [0.2, 0.25) is 0 Å². The number of H-pyrrole nitrogens is 1. The molecular weight excluding hydrogens is 412 g/mol. The maximum absolute atomic E-state index is 13.3. The summed E-state index contributed by atoms with van der Waals surface area (Å²) in [5.74, 6) is -0.239. The van der Waals surface area contributed by atoms with Gasteiger partial charge in [-0.1, -0.05) is 11.6 Å². The number of anilines is 1. The van der Waals surface area contributed by atoms with Crippen molar-refractivity contribution in [3.05, 3.63) is 64.8 Å². The smallest absolute Gasteiger partial charge is 0.129 e. The normalized spacial score (nSPS) is 15.8. The van der Waals surface area contributed by atoms with Crippen LogP contribution in [0.15, 0.2) is 42.6 Å². The SMILES string of the molecule is Cc1n[nH]c(Cl)c1C(C)N1CCN(c2cccnc2-c2ccc(F)cc2)CC1.Cl. The van der Waals surface area contributed by atoms with Crippen LogP contribution < -0.4 is 4.90 Å². The van der Waals surface area contributed by atoms with E-state index in [0.717, 1.165) is 54.4 Å². The van der Waals surface area contributed by atoms with Crippen molar-refractivity contribution in [2.24, 2.45) is 0 Å². The zero-order chi connectivity index (χ0) is 19.7. The molecule has 8 heteroatoms. The molecule has 4 rings (SSSR count). The number of piperazine rings is 1. The van der Waals surface area contributed by atoms with E-state index in [2.05, 4.69) is 38.0 Å². The molecule has 0 bridgehead atoms. The number of nitrogens with one attached hydrogen (secondary N) is 1. The minimum atomic E-state index is -0.239. The quantitative estimate of drug-likeness (QED) is 0.634. The summed E-state index contributed by atoms with van der Waals surface area (Å²) in [6.07, 6.45) is 1.78. The topological polar surface area (TPSA) is 48.1 Å². The molecule has 0 saturated carbocycles. The van der Waals surface area contributed by atoms with Gasteiger partial charge < -0.3 is 4.90 Å². The molecule has 1 fully saturated rings. The van der Waals surface area contributed by atoms with E-state index in [4.69, 9.17) is 11.6 Å². The fourth-order valence-corrected chi connectivity index (χ4v) is 4.25. The van der Waals surface area contributed by atoms with Crippen molar-refractivity contribution < 1.29 is 4.39 Å². The van der Waals surface area contributed by atoms with Gasteiger partial charge in [-0.15, -0.1) is 12.4 Å². The molecular formula is C21H24Cl2FN5. The number of hydrogen-bond acceptors (Lipinski definition) is 4. The number of pyridine rings is 1. The lowest BCUT2D eigenvalue weighted by atomic mass is 10.1. The van der Waals surface area contributed by atoms with Gasteiger partial charge in [-0.3, -0.25) is 15.0 Å². The number of aromatic nitrogens is 3. The molecule has 0 aliphatic carbocycles. The van der Waals surface area contributed by atoms with Crippen LogP contribution in [-0.4, -0.2) is 46.3 Å². The molecule has 1 atom stereocenters. The van der Waals surface area contributed by atoms with Gasteiger partial charge in [-0.25, -0.2) is 4.39 Å². The standard InChI is InChI=1S/C21H23ClFN5.ClH/c1-14-19(21(22)26-25-14)15(2)27-10-12-28(13-11-27)18-4-3-9-24-20(18)16-5-7-17(23)8-6-16;/h3-9,15H,10-13H2,1-2H3,(H,25,26);1H. The lowest BCUT2D eigenvalue weighted by Gasteiger charge is -2.39. The van der Waals surface area contributed by atoms with E-state index in [1.54, 1.807) is 18.3 Å². The van der Waals surface area contributed by atoms with Gasteiger partial charge in [0.15, 0.2) is 0 Å². The molecule has 3 aromatic rings. The number of aryl methyl sites for hydroxylation is 1. The molecule has 0 amide bonds. The Bertz CT molecular complexity index is 932. The Hall–Kier alpha value is -2.15. The van der Waals surface area contributed by atoms with Crippen LogP contribution in [0, 0.1) is 12.7 Å². The van der Waals surface area contributed by atoms with Crippen molar-refractivity contribution in [3.8, 4) is 11.3 Å². The van der Waals surface area contributed by atoms with E-state index in [-0.39, 0.29) is 24.3 Å². The van der Waals surface area contributed by atoms with Crippen molar-refractivity contribution in [3.63, 3.8) is 0 Å². The van der Waals surface area contributed by atoms with Gasteiger partial charge in [0.1, 0.15) is 11.0 Å². The highest BCUT2D eigenvalue weighted by molar-refractivity contribution is 6.30. The third kappa shape index (κ3) is 4.39. The molecule has 2 aromatic heterocycles. The third-order valence-corrected chi connectivity index (χ3v) is 5.76. The first kappa shape index (κ1) is 21.6. The second-order valence-electron chi connectivity index (χ2n) is 7.11. The highest BCUT2D eigenvalue weighted by atomic mass is 35.5. The number of hydrogen-bond donors (Lipinski definition) is 1. The fourth-order valence-electron chi connectivity index (χ4n) is 3.91. The summed E-state index contributed by atoms with van der Waals surface area (Å²) < 4.78 is 13.3. The lowest BCUT2D eigenvalue weighted by molar-refractivity contribution is 0.198. The van der Waals surface area contributed by atoms with E-state index in [9.17, 15) is 4.39 Å². The van der Waals surface area contributed by atoms with Crippen molar-refractivity contribution in [2.75, 3.05) is 31.1 Å². The summed E-state index contributed by atoms with van der Waals surface area (Å²) in [4.78, 5) is 9.33.